The van der Waals surface area contributed by atoms with Crippen LogP contribution in [0.1, 0.15) is 47.7 Å². The zero-order valence-electron chi connectivity index (χ0n) is 19.8. The SMILES string of the molecule is CC(C)C(CC(=O)Nc1nn(C)cc1C(=O)O)NC(=O)OCC1c2ccccc2-c2ccccc21. The first-order valence-corrected chi connectivity index (χ1v) is 11.4. The molecule has 0 fully saturated rings. The molecule has 0 bridgehead atoms. The Morgan fingerprint density at radius 1 is 1.06 bits per heavy atom. The normalized spacial score (nSPS) is 13.1. The predicted octanol–water partition coefficient (Wildman–Crippen LogP) is 4.01. The topological polar surface area (TPSA) is 123 Å². The highest BCUT2D eigenvalue weighted by atomic mass is 16.5. The number of hydrogen-bond donors (Lipinski definition) is 3. The molecule has 1 aliphatic rings. The van der Waals surface area contributed by atoms with Crippen molar-refractivity contribution < 1.29 is 24.2 Å². The lowest BCUT2D eigenvalue weighted by Gasteiger charge is -2.22. The van der Waals surface area contributed by atoms with E-state index in [-0.39, 0.29) is 36.2 Å². The zero-order chi connectivity index (χ0) is 25.1. The Bertz CT molecular complexity index is 1220. The van der Waals surface area contributed by atoms with Crippen LogP contribution in [0.25, 0.3) is 11.1 Å². The van der Waals surface area contributed by atoms with E-state index in [1.165, 1.54) is 10.9 Å². The van der Waals surface area contributed by atoms with Crippen molar-refractivity contribution in [3.05, 3.63) is 71.4 Å². The lowest BCUT2D eigenvalue weighted by Crippen LogP contribution is -2.41. The van der Waals surface area contributed by atoms with Crippen LogP contribution in [0, 0.1) is 5.92 Å². The fraction of sp³-hybridized carbons (Fsp3) is 0.308. The van der Waals surface area contributed by atoms with Crippen LogP contribution < -0.4 is 10.6 Å². The van der Waals surface area contributed by atoms with E-state index in [0.29, 0.717) is 0 Å². The molecule has 4 rings (SSSR count). The number of carboxylic acids is 1. The number of rotatable bonds is 8. The maximum absolute atomic E-state index is 12.7. The Hall–Kier alpha value is -4.14. The number of carbonyl (C=O) groups excluding carboxylic acids is 2. The van der Waals surface area contributed by atoms with Gasteiger partial charge in [-0.1, -0.05) is 62.4 Å². The molecule has 9 heteroatoms. The number of aromatic carboxylic acids is 1. The average molecular weight is 477 g/mol. The van der Waals surface area contributed by atoms with Crippen LogP contribution in [0.15, 0.2) is 54.7 Å². The van der Waals surface area contributed by atoms with E-state index in [1.807, 2.05) is 50.2 Å². The molecule has 9 nitrogen and oxygen atoms in total. The quantitative estimate of drug-likeness (QED) is 0.452. The van der Waals surface area contributed by atoms with Gasteiger partial charge in [0.15, 0.2) is 5.82 Å². The minimum absolute atomic E-state index is 0.0337. The second kappa shape index (κ2) is 10.0. The van der Waals surface area contributed by atoms with Gasteiger partial charge in [-0.2, -0.15) is 5.10 Å². The van der Waals surface area contributed by atoms with Crippen molar-refractivity contribution in [1.29, 1.82) is 0 Å². The lowest BCUT2D eigenvalue weighted by atomic mass is 9.98. The van der Waals surface area contributed by atoms with E-state index >= 15 is 0 Å². The highest BCUT2D eigenvalue weighted by molar-refractivity contribution is 5.99. The molecule has 0 saturated carbocycles. The van der Waals surface area contributed by atoms with Crippen molar-refractivity contribution in [2.24, 2.45) is 13.0 Å². The molecule has 2 aromatic carbocycles. The first-order chi connectivity index (χ1) is 16.7. The maximum atomic E-state index is 12.7. The molecule has 1 heterocycles. The molecule has 0 spiro atoms. The summed E-state index contributed by atoms with van der Waals surface area (Å²) in [5, 5.41) is 18.6. The summed E-state index contributed by atoms with van der Waals surface area (Å²) >= 11 is 0. The number of aryl methyl sites for hydroxylation is 1. The van der Waals surface area contributed by atoms with Crippen LogP contribution in [-0.4, -0.2) is 45.5 Å². The Kier molecular flexibility index (Phi) is 6.86. The van der Waals surface area contributed by atoms with E-state index < -0.39 is 24.0 Å². The summed E-state index contributed by atoms with van der Waals surface area (Å²) in [6, 6.07) is 15.7. The third-order valence-electron chi connectivity index (χ3n) is 6.17. The van der Waals surface area contributed by atoms with Crippen molar-refractivity contribution in [1.82, 2.24) is 15.1 Å². The third kappa shape index (κ3) is 5.18. The number of nitrogens with one attached hydrogen (secondary N) is 2. The van der Waals surface area contributed by atoms with E-state index in [9.17, 15) is 19.5 Å². The van der Waals surface area contributed by atoms with E-state index in [1.54, 1.807) is 7.05 Å². The Morgan fingerprint density at radius 3 is 2.23 bits per heavy atom. The molecule has 3 N–H and O–H groups in total. The average Bonchev–Trinajstić information content (AvgIpc) is 3.34. The summed E-state index contributed by atoms with van der Waals surface area (Å²) < 4.78 is 6.91. The van der Waals surface area contributed by atoms with Crippen molar-refractivity contribution in [3.8, 4) is 11.1 Å². The van der Waals surface area contributed by atoms with Gasteiger partial charge in [-0.05, 0) is 28.2 Å². The zero-order valence-corrected chi connectivity index (χ0v) is 19.8. The summed E-state index contributed by atoms with van der Waals surface area (Å²) in [6.45, 7) is 3.93. The molecule has 0 saturated heterocycles. The van der Waals surface area contributed by atoms with Crippen LogP contribution in [0.4, 0.5) is 10.6 Å². The Morgan fingerprint density at radius 2 is 1.66 bits per heavy atom. The number of carbonyl (C=O) groups is 3. The molecule has 1 aliphatic carbocycles. The molecule has 35 heavy (non-hydrogen) atoms. The van der Waals surface area contributed by atoms with Gasteiger partial charge in [0.05, 0.1) is 0 Å². The second-order valence-corrected chi connectivity index (χ2v) is 8.94. The minimum Gasteiger partial charge on any atom is -0.477 e. The number of fused-ring (bicyclic) bond motifs is 3. The molecule has 1 atom stereocenters. The number of carboxylic acid groups (broad SMARTS) is 1. The van der Waals surface area contributed by atoms with E-state index in [0.717, 1.165) is 22.3 Å². The smallest absolute Gasteiger partial charge is 0.407 e. The van der Waals surface area contributed by atoms with Crippen LogP contribution in [0.5, 0.6) is 0 Å². The molecule has 3 aromatic rings. The molecular weight excluding hydrogens is 448 g/mol. The van der Waals surface area contributed by atoms with Crippen molar-refractivity contribution in [2.45, 2.75) is 32.2 Å². The van der Waals surface area contributed by atoms with Gasteiger partial charge in [-0.3, -0.25) is 9.48 Å². The van der Waals surface area contributed by atoms with Crippen LogP contribution in [-0.2, 0) is 16.6 Å². The number of anilines is 1. The Labute approximate surface area is 203 Å². The largest absolute Gasteiger partial charge is 0.477 e. The summed E-state index contributed by atoms with van der Waals surface area (Å²) in [7, 11) is 1.57. The van der Waals surface area contributed by atoms with Crippen LogP contribution in [0.3, 0.4) is 0 Å². The Balaban J connectivity index is 1.38. The first-order valence-electron chi connectivity index (χ1n) is 11.4. The fourth-order valence-electron chi connectivity index (χ4n) is 4.36. The molecule has 1 unspecified atom stereocenters. The number of nitrogens with zero attached hydrogens (tertiary/aromatic N) is 2. The van der Waals surface area contributed by atoms with Crippen molar-refractivity contribution >= 4 is 23.8 Å². The first kappa shape index (κ1) is 24.0. The highest BCUT2D eigenvalue weighted by Crippen LogP contribution is 2.44. The molecule has 0 radical (unpaired) electrons. The second-order valence-electron chi connectivity index (χ2n) is 8.94. The predicted molar refractivity (Wildman–Crippen MR) is 130 cm³/mol. The van der Waals surface area contributed by atoms with Gasteiger partial charge in [0, 0.05) is 31.6 Å². The number of benzene rings is 2. The van der Waals surface area contributed by atoms with Crippen molar-refractivity contribution in [3.63, 3.8) is 0 Å². The molecule has 182 valence electrons. The van der Waals surface area contributed by atoms with Gasteiger partial charge in [0.1, 0.15) is 12.2 Å². The molecule has 1 aromatic heterocycles. The summed E-state index contributed by atoms with van der Waals surface area (Å²) in [5.74, 6) is -1.81. The maximum Gasteiger partial charge on any atom is 0.407 e. The number of hydrogen-bond acceptors (Lipinski definition) is 5. The van der Waals surface area contributed by atoms with Gasteiger partial charge in [0.2, 0.25) is 5.91 Å². The number of alkyl carbamates (subject to hydrolysis) is 1. The summed E-state index contributed by atoms with van der Waals surface area (Å²) in [6.07, 6.45) is 0.645. The van der Waals surface area contributed by atoms with Gasteiger partial charge >= 0.3 is 12.1 Å². The summed E-state index contributed by atoms with van der Waals surface area (Å²) in [4.78, 5) is 36.6. The molecular formula is C26H28N4O5. The highest BCUT2D eigenvalue weighted by Gasteiger charge is 2.30. The van der Waals surface area contributed by atoms with E-state index in [2.05, 4.69) is 27.9 Å². The third-order valence-corrected chi connectivity index (χ3v) is 6.17. The van der Waals surface area contributed by atoms with Gasteiger partial charge in [-0.15, -0.1) is 0 Å². The summed E-state index contributed by atoms with van der Waals surface area (Å²) in [5.41, 5.74) is 4.41. The monoisotopic (exact) mass is 476 g/mol. The number of aromatic nitrogens is 2. The van der Waals surface area contributed by atoms with Crippen molar-refractivity contribution in [2.75, 3.05) is 11.9 Å². The fourth-order valence-corrected chi connectivity index (χ4v) is 4.36. The minimum atomic E-state index is -1.19. The van der Waals surface area contributed by atoms with Crippen LogP contribution >= 0.6 is 0 Å². The number of ether oxygens (including phenoxy) is 1. The van der Waals surface area contributed by atoms with Gasteiger partial charge < -0.3 is 20.5 Å². The number of amides is 2. The van der Waals surface area contributed by atoms with E-state index in [4.69, 9.17) is 4.74 Å². The van der Waals surface area contributed by atoms with Gasteiger partial charge in [-0.25, -0.2) is 9.59 Å². The molecule has 0 aliphatic heterocycles. The van der Waals surface area contributed by atoms with Gasteiger partial charge in [0.25, 0.3) is 0 Å². The lowest BCUT2D eigenvalue weighted by molar-refractivity contribution is -0.116. The molecule has 2 amide bonds. The van der Waals surface area contributed by atoms with Crippen LogP contribution in [0.2, 0.25) is 0 Å². The standard InChI is InChI=1S/C26H28N4O5/c1-15(2)22(12-23(31)28-24-20(25(32)33)13-30(3)29-24)27-26(34)35-14-21-18-10-6-4-8-16(18)17-9-5-7-11-19(17)21/h4-11,13,15,21-22H,12,14H2,1-3H3,(H,27,34)(H,32,33)(H,28,29,31).